The van der Waals surface area contributed by atoms with Gasteiger partial charge in [0.1, 0.15) is 5.82 Å². The van der Waals surface area contributed by atoms with E-state index in [1.165, 1.54) is 18.3 Å². The summed E-state index contributed by atoms with van der Waals surface area (Å²) in [6.45, 7) is 1.48. The van der Waals surface area contributed by atoms with E-state index in [0.29, 0.717) is 5.13 Å². The summed E-state index contributed by atoms with van der Waals surface area (Å²) >= 11 is 1.46. The molecule has 0 unspecified atom stereocenters. The van der Waals surface area contributed by atoms with E-state index < -0.39 is 0 Å². The van der Waals surface area contributed by atoms with E-state index in [-0.39, 0.29) is 5.91 Å². The van der Waals surface area contributed by atoms with Gasteiger partial charge < -0.3 is 10.3 Å². The zero-order chi connectivity index (χ0) is 15.1. The SMILES string of the molecule is CC(=O)Nc1nc2cc3cnc(-c4ccccc4)[nH]c-3c2s1. The van der Waals surface area contributed by atoms with Gasteiger partial charge in [-0.3, -0.25) is 4.79 Å². The van der Waals surface area contributed by atoms with Crippen molar-refractivity contribution in [3.8, 4) is 22.6 Å². The van der Waals surface area contributed by atoms with Crippen LogP contribution in [-0.2, 0) is 4.79 Å². The van der Waals surface area contributed by atoms with Crippen LogP contribution in [0.4, 0.5) is 5.13 Å². The van der Waals surface area contributed by atoms with Gasteiger partial charge in [-0.1, -0.05) is 41.7 Å². The molecular weight excluding hydrogens is 296 g/mol. The Bertz CT molecular complexity index is 941. The molecule has 1 aliphatic carbocycles. The van der Waals surface area contributed by atoms with Crippen LogP contribution >= 0.6 is 11.3 Å². The predicted octanol–water partition coefficient (Wildman–Crippen LogP) is 3.75. The molecule has 22 heavy (non-hydrogen) atoms. The largest absolute Gasteiger partial charge is 0.338 e. The zero-order valence-corrected chi connectivity index (χ0v) is 12.6. The quantitative estimate of drug-likeness (QED) is 0.592. The van der Waals surface area contributed by atoms with Crippen LogP contribution in [0.5, 0.6) is 0 Å². The Kier molecular flexibility index (Phi) is 2.90. The Labute approximate surface area is 130 Å². The molecule has 0 spiro atoms. The standard InChI is InChI=1S/C16H12N4OS/c1-9(21)18-16-19-12-7-11-8-17-15(10-5-3-2-4-6-10)20-13(11)14(12)22-16/h2-8H,1H3,(H,17,20)(H,18,19,21). The second kappa shape index (κ2) is 4.92. The third-order valence-electron chi connectivity index (χ3n) is 3.37. The molecule has 0 atom stereocenters. The number of nitrogens with zero attached hydrogens (tertiary/aromatic N) is 2. The first-order valence-corrected chi connectivity index (χ1v) is 7.63. The first-order chi connectivity index (χ1) is 10.7. The van der Waals surface area contributed by atoms with Gasteiger partial charge in [0.05, 0.1) is 15.9 Å². The maximum Gasteiger partial charge on any atom is 0.223 e. The normalized spacial score (nSPS) is 11.1. The maximum absolute atomic E-state index is 11.2. The molecule has 108 valence electrons. The highest BCUT2D eigenvalue weighted by atomic mass is 32.1. The molecule has 2 heterocycles. The minimum atomic E-state index is -0.115. The number of aromatic amines is 1. The molecule has 0 bridgehead atoms. The van der Waals surface area contributed by atoms with Crippen LogP contribution < -0.4 is 5.32 Å². The highest BCUT2D eigenvalue weighted by Crippen LogP contribution is 2.38. The van der Waals surface area contributed by atoms with Crippen LogP contribution in [0.2, 0.25) is 0 Å². The smallest absolute Gasteiger partial charge is 0.223 e. The van der Waals surface area contributed by atoms with Crippen LogP contribution in [-0.4, -0.2) is 20.9 Å². The van der Waals surface area contributed by atoms with Gasteiger partial charge in [0, 0.05) is 24.2 Å². The van der Waals surface area contributed by atoms with Gasteiger partial charge in [-0.25, -0.2) is 9.97 Å². The second-order valence-corrected chi connectivity index (χ2v) is 5.99. The molecular formula is C16H12N4OS. The van der Waals surface area contributed by atoms with Crippen molar-refractivity contribution in [2.24, 2.45) is 0 Å². The van der Waals surface area contributed by atoms with Gasteiger partial charge in [0.2, 0.25) is 5.91 Å². The van der Waals surface area contributed by atoms with E-state index in [1.54, 1.807) is 0 Å². The lowest BCUT2D eigenvalue weighted by Crippen LogP contribution is -2.04. The zero-order valence-electron chi connectivity index (χ0n) is 11.8. The lowest BCUT2D eigenvalue weighted by Gasteiger charge is -2.05. The molecule has 2 aromatic rings. The number of nitrogens with one attached hydrogen (secondary N) is 2. The Hall–Kier alpha value is -2.73. The number of carbonyl (C=O) groups is 1. The molecule has 4 rings (SSSR count). The first kappa shape index (κ1) is 13.0. The highest BCUT2D eigenvalue weighted by molar-refractivity contribution is 7.23. The van der Waals surface area contributed by atoms with E-state index in [4.69, 9.17) is 0 Å². The first-order valence-electron chi connectivity index (χ1n) is 6.82. The fraction of sp³-hybridized carbons (Fsp3) is 0.0625. The van der Waals surface area contributed by atoms with Crippen LogP contribution in [0.15, 0.2) is 42.6 Å². The number of fused-ring (bicyclic) bond motifs is 3. The molecule has 0 fully saturated rings. The Morgan fingerprint density at radius 3 is 2.82 bits per heavy atom. The van der Waals surface area contributed by atoms with E-state index >= 15 is 0 Å². The summed E-state index contributed by atoms with van der Waals surface area (Å²) in [5, 5.41) is 3.35. The van der Waals surface area contributed by atoms with Crippen LogP contribution in [0.25, 0.3) is 32.9 Å². The number of hydrogen-bond acceptors (Lipinski definition) is 4. The summed E-state index contributed by atoms with van der Waals surface area (Å²) in [7, 11) is 0. The average molecular weight is 308 g/mol. The van der Waals surface area contributed by atoms with Gasteiger partial charge >= 0.3 is 0 Å². The molecule has 0 radical (unpaired) electrons. The molecule has 0 saturated carbocycles. The summed E-state index contributed by atoms with van der Waals surface area (Å²) in [5.74, 6) is 0.700. The number of thiazole rings is 1. The van der Waals surface area contributed by atoms with Crippen molar-refractivity contribution in [3.05, 3.63) is 42.6 Å². The van der Waals surface area contributed by atoms with E-state index in [0.717, 1.165) is 32.9 Å². The van der Waals surface area contributed by atoms with Crippen molar-refractivity contribution in [2.45, 2.75) is 6.92 Å². The van der Waals surface area contributed by atoms with E-state index in [1.807, 2.05) is 42.6 Å². The minimum Gasteiger partial charge on any atom is -0.338 e. The van der Waals surface area contributed by atoms with Gasteiger partial charge in [0.25, 0.3) is 0 Å². The predicted molar refractivity (Wildman–Crippen MR) is 88.1 cm³/mol. The number of rotatable bonds is 2. The van der Waals surface area contributed by atoms with Crippen LogP contribution in [0, 0.1) is 0 Å². The highest BCUT2D eigenvalue weighted by Gasteiger charge is 2.17. The lowest BCUT2D eigenvalue weighted by molar-refractivity contribution is -0.114. The second-order valence-electron chi connectivity index (χ2n) is 4.99. The van der Waals surface area contributed by atoms with Gasteiger partial charge in [0.15, 0.2) is 5.13 Å². The van der Waals surface area contributed by atoms with Crippen molar-refractivity contribution in [1.29, 1.82) is 0 Å². The third-order valence-corrected chi connectivity index (χ3v) is 4.37. The van der Waals surface area contributed by atoms with Crippen LogP contribution in [0.3, 0.4) is 0 Å². The van der Waals surface area contributed by atoms with Crippen molar-refractivity contribution in [1.82, 2.24) is 15.0 Å². The monoisotopic (exact) mass is 308 g/mol. The topological polar surface area (TPSA) is 70.7 Å². The molecule has 2 aliphatic rings. The number of H-pyrrole nitrogens is 1. The van der Waals surface area contributed by atoms with Crippen molar-refractivity contribution in [2.75, 3.05) is 5.32 Å². The third kappa shape index (κ3) is 2.14. The molecule has 1 aromatic heterocycles. The summed E-state index contributed by atoms with van der Waals surface area (Å²) < 4.78 is 1.03. The fourth-order valence-electron chi connectivity index (χ4n) is 2.42. The maximum atomic E-state index is 11.2. The average Bonchev–Trinajstić information content (AvgIpc) is 3.04. The van der Waals surface area contributed by atoms with Crippen LogP contribution in [0.1, 0.15) is 6.92 Å². The molecule has 1 aliphatic heterocycles. The van der Waals surface area contributed by atoms with Crippen molar-refractivity contribution in [3.63, 3.8) is 0 Å². The van der Waals surface area contributed by atoms with E-state index in [9.17, 15) is 4.79 Å². The number of aromatic nitrogens is 3. The van der Waals surface area contributed by atoms with Crippen molar-refractivity contribution < 1.29 is 4.79 Å². The van der Waals surface area contributed by atoms with Gasteiger partial charge in [-0.05, 0) is 6.07 Å². The molecule has 2 N–H and O–H groups in total. The Morgan fingerprint density at radius 2 is 2.05 bits per heavy atom. The van der Waals surface area contributed by atoms with Crippen molar-refractivity contribution >= 4 is 32.6 Å². The summed E-state index contributed by atoms with van der Waals surface area (Å²) in [6, 6.07) is 11.9. The molecule has 6 heteroatoms. The van der Waals surface area contributed by atoms with Gasteiger partial charge in [-0.15, -0.1) is 0 Å². The number of benzene rings is 1. The van der Waals surface area contributed by atoms with E-state index in [2.05, 4.69) is 20.3 Å². The molecule has 5 nitrogen and oxygen atoms in total. The number of anilines is 1. The Morgan fingerprint density at radius 1 is 1.23 bits per heavy atom. The number of amides is 1. The Balaban J connectivity index is 1.87. The van der Waals surface area contributed by atoms with Gasteiger partial charge in [-0.2, -0.15) is 0 Å². The molecule has 1 aromatic carbocycles. The summed E-state index contributed by atoms with van der Waals surface area (Å²) in [5.41, 5.74) is 3.91. The number of hydrogen-bond donors (Lipinski definition) is 2. The summed E-state index contributed by atoms with van der Waals surface area (Å²) in [4.78, 5) is 23.4. The molecule has 1 amide bonds. The summed E-state index contributed by atoms with van der Waals surface area (Å²) in [6.07, 6.45) is 1.85. The number of carbonyl (C=O) groups excluding carboxylic acids is 1. The fourth-order valence-corrected chi connectivity index (χ4v) is 3.43. The lowest BCUT2D eigenvalue weighted by atomic mass is 10.2. The molecule has 0 saturated heterocycles. The minimum absolute atomic E-state index is 0.115.